The number of amides is 2. The summed E-state index contributed by atoms with van der Waals surface area (Å²) in [7, 11) is 1.20. The highest BCUT2D eigenvalue weighted by molar-refractivity contribution is 5.94. The Balaban J connectivity index is 1.62. The number of halogens is 2. The molecule has 12 nitrogen and oxygen atoms in total. The van der Waals surface area contributed by atoms with Crippen molar-refractivity contribution in [3.8, 4) is 23.0 Å². The standard InChI is InChI=1S/C30H34F2N4O8/c1-16(34-29(39)44-30(2,3)4)24-21(14-33-25(37)19-7-6-8-20(35-19)27(38)40-5)36-26(43-24)18-11-12-22(42-28(31)32)23(13-18)41-15-17-9-10-17/h6-8,11-13,16-17,28H,9-10,14-15H2,1-5H3,(H,33,37)(H,34,39). The van der Waals surface area contributed by atoms with E-state index in [2.05, 4.69) is 30.1 Å². The Morgan fingerprint density at radius 2 is 1.80 bits per heavy atom. The van der Waals surface area contributed by atoms with Gasteiger partial charge in [-0.25, -0.2) is 19.6 Å². The maximum Gasteiger partial charge on any atom is 0.408 e. The van der Waals surface area contributed by atoms with E-state index in [1.165, 1.54) is 43.5 Å². The lowest BCUT2D eigenvalue weighted by atomic mass is 10.2. The van der Waals surface area contributed by atoms with Crippen molar-refractivity contribution in [2.45, 2.75) is 65.3 Å². The first-order valence-electron chi connectivity index (χ1n) is 13.9. The normalized spacial score (nSPS) is 13.6. The van der Waals surface area contributed by atoms with Crippen LogP contribution in [0.25, 0.3) is 11.5 Å². The van der Waals surface area contributed by atoms with Gasteiger partial charge in [-0.05, 0) is 76.8 Å². The van der Waals surface area contributed by atoms with Gasteiger partial charge in [0, 0.05) is 5.56 Å². The quantitative estimate of drug-likeness (QED) is 0.252. The third-order valence-corrected chi connectivity index (χ3v) is 6.22. The molecule has 3 aromatic rings. The van der Waals surface area contributed by atoms with Crippen LogP contribution >= 0.6 is 0 Å². The van der Waals surface area contributed by atoms with Gasteiger partial charge in [0.2, 0.25) is 5.89 Å². The molecule has 0 bridgehead atoms. The second kappa shape index (κ2) is 13.7. The molecule has 1 saturated carbocycles. The maximum atomic E-state index is 13.0. The molecule has 14 heteroatoms. The van der Waals surface area contributed by atoms with E-state index in [-0.39, 0.29) is 46.8 Å². The molecule has 1 aliphatic rings. The predicted octanol–water partition coefficient (Wildman–Crippen LogP) is 5.43. The number of alkyl halides is 2. The summed E-state index contributed by atoms with van der Waals surface area (Å²) in [6.45, 7) is 3.95. The van der Waals surface area contributed by atoms with Crippen LogP contribution in [-0.4, -0.2) is 53.9 Å². The molecule has 2 amide bonds. The fourth-order valence-electron chi connectivity index (χ4n) is 3.98. The summed E-state index contributed by atoms with van der Waals surface area (Å²) < 4.78 is 52.5. The number of rotatable bonds is 12. The second-order valence-corrected chi connectivity index (χ2v) is 11.1. The Morgan fingerprint density at radius 3 is 2.45 bits per heavy atom. The minimum atomic E-state index is -3.05. The van der Waals surface area contributed by atoms with Crippen LogP contribution in [0.3, 0.4) is 0 Å². The van der Waals surface area contributed by atoms with Gasteiger partial charge in [0.05, 0.1) is 26.3 Å². The zero-order valence-electron chi connectivity index (χ0n) is 24.9. The number of methoxy groups -OCH3 is 1. The average Bonchev–Trinajstić information content (AvgIpc) is 3.70. The summed E-state index contributed by atoms with van der Waals surface area (Å²) in [5.74, 6) is -0.710. The highest BCUT2D eigenvalue weighted by atomic mass is 19.3. The van der Waals surface area contributed by atoms with Crippen molar-refractivity contribution >= 4 is 18.0 Å². The lowest BCUT2D eigenvalue weighted by Gasteiger charge is -2.21. The van der Waals surface area contributed by atoms with E-state index in [1.807, 2.05) is 0 Å². The van der Waals surface area contributed by atoms with Crippen LogP contribution in [0.15, 0.2) is 40.8 Å². The molecule has 1 unspecified atom stereocenters. The number of hydrogen-bond donors (Lipinski definition) is 2. The average molecular weight is 617 g/mol. The first-order chi connectivity index (χ1) is 20.8. The SMILES string of the molecule is COC(=O)c1cccc(C(=O)NCc2nc(-c3ccc(OC(F)F)c(OCC4CC4)c3)oc2C(C)NC(=O)OC(C)(C)C)n1. The van der Waals surface area contributed by atoms with Gasteiger partial charge in [0.1, 0.15) is 22.7 Å². The molecule has 2 heterocycles. The first-order valence-corrected chi connectivity index (χ1v) is 13.9. The van der Waals surface area contributed by atoms with Gasteiger partial charge in [-0.15, -0.1) is 0 Å². The molecule has 0 spiro atoms. The molecule has 1 aliphatic carbocycles. The summed E-state index contributed by atoms with van der Waals surface area (Å²) in [5.41, 5.74) is -0.191. The van der Waals surface area contributed by atoms with E-state index >= 15 is 0 Å². The monoisotopic (exact) mass is 616 g/mol. The van der Waals surface area contributed by atoms with Crippen molar-refractivity contribution < 1.29 is 46.5 Å². The van der Waals surface area contributed by atoms with E-state index < -0.39 is 36.2 Å². The van der Waals surface area contributed by atoms with E-state index in [4.69, 9.17) is 13.9 Å². The summed E-state index contributed by atoms with van der Waals surface area (Å²) >= 11 is 0. The Morgan fingerprint density at radius 1 is 1.07 bits per heavy atom. The molecule has 0 aliphatic heterocycles. The van der Waals surface area contributed by atoms with Gasteiger partial charge in [-0.2, -0.15) is 8.78 Å². The highest BCUT2D eigenvalue weighted by Gasteiger charge is 2.27. The third kappa shape index (κ3) is 8.88. The smallest absolute Gasteiger partial charge is 0.408 e. The number of oxazole rings is 1. The topological polar surface area (TPSA) is 151 Å². The van der Waals surface area contributed by atoms with Gasteiger partial charge in [0.15, 0.2) is 17.3 Å². The van der Waals surface area contributed by atoms with Crippen molar-refractivity contribution in [1.29, 1.82) is 0 Å². The molecule has 2 aromatic heterocycles. The second-order valence-electron chi connectivity index (χ2n) is 11.1. The fraction of sp³-hybridized carbons (Fsp3) is 0.433. The Hall–Kier alpha value is -4.75. The maximum absolute atomic E-state index is 13.0. The number of nitrogens with zero attached hydrogens (tertiary/aromatic N) is 2. The zero-order valence-corrected chi connectivity index (χ0v) is 24.9. The van der Waals surface area contributed by atoms with Gasteiger partial charge in [-0.1, -0.05) is 6.07 Å². The van der Waals surface area contributed by atoms with Crippen molar-refractivity contribution in [2.24, 2.45) is 5.92 Å². The minimum absolute atomic E-state index is 0.0369. The van der Waals surface area contributed by atoms with Gasteiger partial charge >= 0.3 is 18.7 Å². The van der Waals surface area contributed by atoms with Gasteiger partial charge in [0.25, 0.3) is 5.91 Å². The Kier molecular flexibility index (Phi) is 10.0. The number of pyridine rings is 1. The number of ether oxygens (including phenoxy) is 4. The summed E-state index contributed by atoms with van der Waals surface area (Å²) in [5, 5.41) is 5.37. The molecule has 0 radical (unpaired) electrons. The van der Waals surface area contributed by atoms with Crippen LogP contribution < -0.4 is 20.1 Å². The fourth-order valence-corrected chi connectivity index (χ4v) is 3.98. The Labute approximate surface area is 252 Å². The molecular formula is C30H34F2N4O8. The molecule has 1 aromatic carbocycles. The van der Waals surface area contributed by atoms with Gasteiger partial charge in [-0.3, -0.25) is 4.79 Å². The zero-order chi connectivity index (χ0) is 32.0. The van der Waals surface area contributed by atoms with Crippen LogP contribution in [0.1, 0.15) is 79.0 Å². The van der Waals surface area contributed by atoms with Gasteiger partial charge < -0.3 is 34.0 Å². The van der Waals surface area contributed by atoms with Crippen molar-refractivity contribution in [1.82, 2.24) is 20.6 Å². The van der Waals surface area contributed by atoms with E-state index in [0.29, 0.717) is 18.1 Å². The van der Waals surface area contributed by atoms with Crippen LogP contribution in [0, 0.1) is 5.92 Å². The molecular weight excluding hydrogens is 582 g/mol. The van der Waals surface area contributed by atoms with Crippen molar-refractivity contribution in [2.75, 3.05) is 13.7 Å². The number of nitrogens with one attached hydrogen (secondary N) is 2. The molecule has 44 heavy (non-hydrogen) atoms. The van der Waals surface area contributed by atoms with Crippen molar-refractivity contribution in [3.63, 3.8) is 0 Å². The van der Waals surface area contributed by atoms with Crippen molar-refractivity contribution in [3.05, 3.63) is 59.2 Å². The number of carbonyl (C=O) groups is 3. The molecule has 2 N–H and O–H groups in total. The molecule has 0 saturated heterocycles. The lowest BCUT2D eigenvalue weighted by Crippen LogP contribution is -2.34. The van der Waals surface area contributed by atoms with Crippen LogP contribution in [0.5, 0.6) is 11.5 Å². The third-order valence-electron chi connectivity index (χ3n) is 6.22. The first kappa shape index (κ1) is 32.2. The number of alkyl carbamates (subject to hydrolysis) is 1. The van der Waals surface area contributed by atoms with Crippen LogP contribution in [0.2, 0.25) is 0 Å². The molecule has 4 rings (SSSR count). The van der Waals surface area contributed by atoms with Crippen LogP contribution in [0.4, 0.5) is 13.6 Å². The van der Waals surface area contributed by atoms with E-state index in [9.17, 15) is 23.2 Å². The minimum Gasteiger partial charge on any atom is -0.489 e. The summed E-state index contributed by atoms with van der Waals surface area (Å²) in [6, 6.07) is 7.86. The number of hydrogen-bond acceptors (Lipinski definition) is 10. The summed E-state index contributed by atoms with van der Waals surface area (Å²) in [6.07, 6.45) is 1.29. The number of esters is 1. The summed E-state index contributed by atoms with van der Waals surface area (Å²) in [4.78, 5) is 45.8. The predicted molar refractivity (Wildman–Crippen MR) is 151 cm³/mol. The molecule has 1 fully saturated rings. The van der Waals surface area contributed by atoms with Crippen LogP contribution in [-0.2, 0) is 16.0 Å². The number of benzene rings is 1. The van der Waals surface area contributed by atoms with E-state index in [0.717, 1.165) is 12.8 Å². The Bertz CT molecular complexity index is 1500. The molecule has 1 atom stereocenters. The number of carbonyl (C=O) groups excluding carboxylic acids is 3. The lowest BCUT2D eigenvalue weighted by molar-refractivity contribution is -0.0515. The van der Waals surface area contributed by atoms with E-state index in [1.54, 1.807) is 27.7 Å². The highest BCUT2D eigenvalue weighted by Crippen LogP contribution is 2.37. The largest absolute Gasteiger partial charge is 0.489 e. The number of aromatic nitrogens is 2. The molecule has 236 valence electrons.